The van der Waals surface area contributed by atoms with Crippen LogP contribution in [0, 0.1) is 18.6 Å². The van der Waals surface area contributed by atoms with E-state index in [9.17, 15) is 8.78 Å². The number of rotatable bonds is 2. The van der Waals surface area contributed by atoms with Gasteiger partial charge in [-0.1, -0.05) is 11.8 Å². The number of nitrogen functional groups attached to an aromatic ring is 1. The largest absolute Gasteiger partial charge is 0.368 e. The summed E-state index contributed by atoms with van der Waals surface area (Å²) in [5.41, 5.74) is 5.68. The first-order valence-electron chi connectivity index (χ1n) is 5.69. The molecule has 0 aliphatic carbocycles. The third-order valence-corrected chi connectivity index (χ3v) is 4.54. The predicted molar refractivity (Wildman–Crippen MR) is 77.0 cm³/mol. The standard InChI is InChI=1S/C13H9F2N3S2/c1-6-4-8-11(19-6)17-13(16)18-12(8)20-7-2-3-9(14)10(15)5-7/h2-5H,1H3,(H2,16,17,18). The maximum absolute atomic E-state index is 13.2. The minimum absolute atomic E-state index is 0.171. The molecular weight excluding hydrogens is 300 g/mol. The van der Waals surface area contributed by atoms with Gasteiger partial charge in [0.15, 0.2) is 11.6 Å². The van der Waals surface area contributed by atoms with Crippen molar-refractivity contribution in [3.8, 4) is 0 Å². The fourth-order valence-corrected chi connectivity index (χ4v) is 3.64. The highest BCUT2D eigenvalue weighted by Crippen LogP contribution is 2.35. The average molecular weight is 309 g/mol. The van der Waals surface area contributed by atoms with Crippen molar-refractivity contribution in [3.63, 3.8) is 0 Å². The molecule has 0 unspecified atom stereocenters. The SMILES string of the molecule is Cc1cc2c(Sc3ccc(F)c(F)c3)nc(N)nc2s1. The number of hydrogen-bond donors (Lipinski definition) is 1. The Morgan fingerprint density at radius 1 is 1.15 bits per heavy atom. The van der Waals surface area contributed by atoms with E-state index in [1.54, 1.807) is 0 Å². The van der Waals surface area contributed by atoms with Crippen LogP contribution >= 0.6 is 23.1 Å². The Labute approximate surface area is 121 Å². The summed E-state index contributed by atoms with van der Waals surface area (Å²) in [6.07, 6.45) is 0. The van der Waals surface area contributed by atoms with E-state index in [0.29, 0.717) is 9.92 Å². The predicted octanol–water partition coefficient (Wildman–Crippen LogP) is 4.01. The number of thiophene rings is 1. The molecule has 0 fully saturated rings. The fraction of sp³-hybridized carbons (Fsp3) is 0.0769. The zero-order valence-electron chi connectivity index (χ0n) is 10.4. The van der Waals surface area contributed by atoms with Crippen LogP contribution in [-0.4, -0.2) is 9.97 Å². The smallest absolute Gasteiger partial charge is 0.222 e. The molecule has 0 aliphatic heterocycles. The molecule has 7 heteroatoms. The lowest BCUT2D eigenvalue weighted by molar-refractivity contribution is 0.506. The topological polar surface area (TPSA) is 51.8 Å². The Morgan fingerprint density at radius 2 is 1.95 bits per heavy atom. The van der Waals surface area contributed by atoms with Crippen LogP contribution in [0.1, 0.15) is 4.88 Å². The van der Waals surface area contributed by atoms with Crippen LogP contribution in [0.3, 0.4) is 0 Å². The Hall–Kier alpha value is -1.73. The van der Waals surface area contributed by atoms with Crippen molar-refractivity contribution in [2.24, 2.45) is 0 Å². The van der Waals surface area contributed by atoms with Crippen molar-refractivity contribution in [2.75, 3.05) is 5.73 Å². The maximum atomic E-state index is 13.2. The molecule has 3 rings (SSSR count). The highest BCUT2D eigenvalue weighted by atomic mass is 32.2. The molecule has 2 aromatic heterocycles. The number of aryl methyl sites for hydroxylation is 1. The maximum Gasteiger partial charge on any atom is 0.222 e. The Morgan fingerprint density at radius 3 is 2.70 bits per heavy atom. The summed E-state index contributed by atoms with van der Waals surface area (Å²) in [4.78, 5) is 10.8. The Kier molecular flexibility index (Phi) is 3.31. The second-order valence-corrected chi connectivity index (χ2v) is 6.44. The van der Waals surface area contributed by atoms with Crippen molar-refractivity contribution < 1.29 is 8.78 Å². The molecule has 3 aromatic rings. The van der Waals surface area contributed by atoms with Crippen LogP contribution < -0.4 is 5.73 Å². The van der Waals surface area contributed by atoms with Crippen LogP contribution in [0.5, 0.6) is 0 Å². The third kappa shape index (κ3) is 2.46. The highest BCUT2D eigenvalue weighted by molar-refractivity contribution is 7.99. The monoisotopic (exact) mass is 309 g/mol. The van der Waals surface area contributed by atoms with Gasteiger partial charge in [0.05, 0.1) is 0 Å². The average Bonchev–Trinajstić information content (AvgIpc) is 2.74. The number of halogens is 2. The molecule has 0 saturated heterocycles. The summed E-state index contributed by atoms with van der Waals surface area (Å²) in [5.74, 6) is -1.58. The van der Waals surface area contributed by atoms with Gasteiger partial charge in [0, 0.05) is 15.2 Å². The molecule has 0 saturated carbocycles. The number of aromatic nitrogens is 2. The molecule has 3 nitrogen and oxygen atoms in total. The van der Waals surface area contributed by atoms with Gasteiger partial charge in [-0.2, -0.15) is 0 Å². The second kappa shape index (κ2) is 4.99. The highest BCUT2D eigenvalue weighted by Gasteiger charge is 2.12. The lowest BCUT2D eigenvalue weighted by Crippen LogP contribution is -1.95. The van der Waals surface area contributed by atoms with E-state index in [2.05, 4.69) is 9.97 Å². The lowest BCUT2D eigenvalue weighted by Gasteiger charge is -2.04. The summed E-state index contributed by atoms with van der Waals surface area (Å²) in [6.45, 7) is 1.97. The van der Waals surface area contributed by atoms with E-state index in [-0.39, 0.29) is 5.95 Å². The molecule has 2 N–H and O–H groups in total. The quantitative estimate of drug-likeness (QED) is 0.727. The molecule has 0 bridgehead atoms. The van der Waals surface area contributed by atoms with Crippen LogP contribution in [0.15, 0.2) is 34.2 Å². The van der Waals surface area contributed by atoms with Crippen molar-refractivity contribution in [2.45, 2.75) is 16.8 Å². The fourth-order valence-electron chi connectivity index (χ4n) is 1.76. The van der Waals surface area contributed by atoms with E-state index in [0.717, 1.165) is 27.2 Å². The molecule has 20 heavy (non-hydrogen) atoms. The molecule has 0 spiro atoms. The summed E-state index contributed by atoms with van der Waals surface area (Å²) in [7, 11) is 0. The van der Waals surface area contributed by atoms with Gasteiger partial charge in [0.2, 0.25) is 5.95 Å². The summed E-state index contributed by atoms with van der Waals surface area (Å²) < 4.78 is 26.2. The van der Waals surface area contributed by atoms with E-state index >= 15 is 0 Å². The number of hydrogen-bond acceptors (Lipinski definition) is 5. The van der Waals surface area contributed by atoms with Gasteiger partial charge >= 0.3 is 0 Å². The zero-order chi connectivity index (χ0) is 14.3. The molecule has 1 aromatic carbocycles. The van der Waals surface area contributed by atoms with Gasteiger partial charge in [-0.05, 0) is 31.2 Å². The summed E-state index contributed by atoms with van der Waals surface area (Å²) in [5, 5.41) is 1.51. The van der Waals surface area contributed by atoms with E-state index in [1.807, 2.05) is 13.0 Å². The molecule has 2 heterocycles. The van der Waals surface area contributed by atoms with Gasteiger partial charge in [-0.3, -0.25) is 0 Å². The van der Waals surface area contributed by atoms with Crippen LogP contribution in [-0.2, 0) is 0 Å². The minimum Gasteiger partial charge on any atom is -0.368 e. The van der Waals surface area contributed by atoms with Crippen molar-refractivity contribution in [1.29, 1.82) is 0 Å². The van der Waals surface area contributed by atoms with E-state index in [1.165, 1.54) is 29.2 Å². The number of benzene rings is 1. The van der Waals surface area contributed by atoms with Gasteiger partial charge in [0.25, 0.3) is 0 Å². The Balaban J connectivity index is 2.07. The summed E-state index contributed by atoms with van der Waals surface area (Å²) >= 11 is 2.75. The van der Waals surface area contributed by atoms with Crippen LogP contribution in [0.25, 0.3) is 10.2 Å². The molecule has 0 radical (unpaired) electrons. The van der Waals surface area contributed by atoms with Crippen molar-refractivity contribution in [3.05, 3.63) is 40.8 Å². The summed E-state index contributed by atoms with van der Waals surface area (Å²) in [6, 6.07) is 5.70. The Bertz CT molecular complexity index is 802. The number of anilines is 1. The van der Waals surface area contributed by atoms with Crippen molar-refractivity contribution in [1.82, 2.24) is 9.97 Å². The normalized spacial score (nSPS) is 11.2. The second-order valence-electron chi connectivity index (χ2n) is 4.14. The van der Waals surface area contributed by atoms with Gasteiger partial charge in [-0.25, -0.2) is 18.7 Å². The first-order valence-corrected chi connectivity index (χ1v) is 7.33. The molecule has 0 atom stereocenters. The first kappa shape index (κ1) is 13.3. The van der Waals surface area contributed by atoms with E-state index < -0.39 is 11.6 Å². The molecule has 0 aliphatic rings. The minimum atomic E-state index is -0.880. The number of nitrogens with two attached hydrogens (primary N) is 1. The number of nitrogens with zero attached hydrogens (tertiary/aromatic N) is 2. The van der Waals surface area contributed by atoms with Crippen LogP contribution in [0.4, 0.5) is 14.7 Å². The van der Waals surface area contributed by atoms with Crippen LogP contribution in [0.2, 0.25) is 0 Å². The molecule has 102 valence electrons. The lowest BCUT2D eigenvalue weighted by atomic mass is 10.3. The first-order chi connectivity index (χ1) is 9.52. The van der Waals surface area contributed by atoms with Gasteiger partial charge in [0.1, 0.15) is 9.86 Å². The van der Waals surface area contributed by atoms with Crippen molar-refractivity contribution >= 4 is 39.3 Å². The van der Waals surface area contributed by atoms with E-state index in [4.69, 9.17) is 5.73 Å². The van der Waals surface area contributed by atoms with Gasteiger partial charge < -0.3 is 5.73 Å². The van der Waals surface area contributed by atoms with Gasteiger partial charge in [-0.15, -0.1) is 11.3 Å². The molecule has 0 amide bonds. The number of fused-ring (bicyclic) bond motifs is 1. The molecular formula is C13H9F2N3S2. The zero-order valence-corrected chi connectivity index (χ0v) is 12.0. The third-order valence-electron chi connectivity index (χ3n) is 2.60.